The third-order valence-corrected chi connectivity index (χ3v) is 4.93. The second-order valence-electron chi connectivity index (χ2n) is 7.00. The van der Waals surface area contributed by atoms with Crippen LogP contribution in [0.4, 0.5) is 0 Å². The van der Waals surface area contributed by atoms with E-state index < -0.39 is 23.2 Å². The van der Waals surface area contributed by atoms with E-state index in [-0.39, 0.29) is 11.9 Å². The maximum absolute atomic E-state index is 12.3. The fourth-order valence-electron chi connectivity index (χ4n) is 3.39. The van der Waals surface area contributed by atoms with Gasteiger partial charge in [-0.2, -0.15) is 5.10 Å². The minimum Gasteiger partial charge on any atom is -0.481 e. The molecule has 1 unspecified atom stereocenters. The molecule has 6 heteroatoms. The van der Waals surface area contributed by atoms with Crippen LogP contribution < -0.4 is 5.32 Å². The zero-order valence-corrected chi connectivity index (χ0v) is 14.1. The number of aryl methyl sites for hydroxylation is 2. The number of carbonyl (C=O) groups excluding carboxylic acids is 1. The predicted molar refractivity (Wildman–Crippen MR) is 82.4 cm³/mol. The molecule has 1 fully saturated rings. The maximum atomic E-state index is 12.3. The molecule has 0 bridgehead atoms. The van der Waals surface area contributed by atoms with Crippen molar-refractivity contribution < 1.29 is 14.7 Å². The number of carboxylic acid groups (broad SMARTS) is 1. The molecule has 1 saturated carbocycles. The van der Waals surface area contributed by atoms with Crippen LogP contribution in [0.5, 0.6) is 0 Å². The highest BCUT2D eigenvalue weighted by Gasteiger charge is 2.65. The minimum atomic E-state index is -0.892. The van der Waals surface area contributed by atoms with Crippen molar-refractivity contribution in [1.29, 1.82) is 0 Å². The Balaban J connectivity index is 2.00. The fraction of sp³-hybridized carbons (Fsp3) is 0.688. The highest BCUT2D eigenvalue weighted by atomic mass is 16.4. The SMILES string of the molecule is Cc1nn(C)c(C)c1CC(C)NC(=O)[C@@H]1[C@H](C(=O)O)C1(C)C. The summed E-state index contributed by atoms with van der Waals surface area (Å²) in [5, 5.41) is 16.5. The summed E-state index contributed by atoms with van der Waals surface area (Å²) < 4.78 is 1.84. The van der Waals surface area contributed by atoms with Gasteiger partial charge in [-0.25, -0.2) is 0 Å². The quantitative estimate of drug-likeness (QED) is 0.862. The molecule has 1 amide bonds. The Morgan fingerprint density at radius 1 is 1.36 bits per heavy atom. The first-order valence-electron chi connectivity index (χ1n) is 7.59. The maximum Gasteiger partial charge on any atom is 0.307 e. The molecule has 0 saturated heterocycles. The van der Waals surface area contributed by atoms with Crippen molar-refractivity contribution in [3.63, 3.8) is 0 Å². The van der Waals surface area contributed by atoms with E-state index in [1.165, 1.54) is 0 Å². The molecule has 0 radical (unpaired) electrons. The summed E-state index contributed by atoms with van der Waals surface area (Å²) in [5.74, 6) is -2.08. The highest BCUT2D eigenvalue weighted by molar-refractivity contribution is 5.91. The zero-order chi connectivity index (χ0) is 16.8. The number of rotatable bonds is 5. The van der Waals surface area contributed by atoms with Crippen molar-refractivity contribution in [3.8, 4) is 0 Å². The van der Waals surface area contributed by atoms with Crippen LogP contribution in [0.25, 0.3) is 0 Å². The number of carboxylic acids is 1. The van der Waals surface area contributed by atoms with Crippen molar-refractivity contribution in [3.05, 3.63) is 17.0 Å². The normalized spacial score (nSPS) is 23.9. The summed E-state index contributed by atoms with van der Waals surface area (Å²) in [7, 11) is 1.90. The van der Waals surface area contributed by atoms with Crippen LogP contribution in [0.2, 0.25) is 0 Å². The number of amides is 1. The van der Waals surface area contributed by atoms with Gasteiger partial charge in [-0.05, 0) is 38.2 Å². The molecule has 0 aliphatic heterocycles. The van der Waals surface area contributed by atoms with Crippen LogP contribution >= 0.6 is 0 Å². The van der Waals surface area contributed by atoms with Gasteiger partial charge in [0.15, 0.2) is 0 Å². The Bertz CT molecular complexity index is 618. The van der Waals surface area contributed by atoms with Gasteiger partial charge in [0.2, 0.25) is 5.91 Å². The average molecular weight is 307 g/mol. The molecule has 0 aromatic carbocycles. The van der Waals surface area contributed by atoms with Crippen LogP contribution in [-0.2, 0) is 23.1 Å². The smallest absolute Gasteiger partial charge is 0.307 e. The summed E-state index contributed by atoms with van der Waals surface area (Å²) in [6.45, 7) is 9.57. The molecule has 1 aromatic rings. The van der Waals surface area contributed by atoms with Gasteiger partial charge in [0.1, 0.15) is 0 Å². The number of nitrogens with one attached hydrogen (secondary N) is 1. The fourth-order valence-corrected chi connectivity index (χ4v) is 3.39. The van der Waals surface area contributed by atoms with Crippen molar-refractivity contribution in [2.24, 2.45) is 24.3 Å². The summed E-state index contributed by atoms with van der Waals surface area (Å²) in [6, 6.07) is -0.0556. The van der Waals surface area contributed by atoms with E-state index in [1.807, 2.05) is 46.3 Å². The topological polar surface area (TPSA) is 84.2 Å². The van der Waals surface area contributed by atoms with Crippen LogP contribution in [0.15, 0.2) is 0 Å². The first kappa shape index (κ1) is 16.5. The van der Waals surface area contributed by atoms with Gasteiger partial charge in [-0.15, -0.1) is 0 Å². The molecule has 0 spiro atoms. The molecule has 1 heterocycles. The standard InChI is InChI=1S/C16H25N3O3/c1-8(7-11-9(2)18-19(6)10(11)3)17-14(20)12-13(15(21)22)16(12,4)5/h8,12-13H,7H2,1-6H3,(H,17,20)(H,21,22)/t8?,12-,13+/m0/s1. The number of aliphatic carboxylic acids is 1. The monoisotopic (exact) mass is 307 g/mol. The molecule has 1 aliphatic rings. The molecule has 22 heavy (non-hydrogen) atoms. The van der Waals surface area contributed by atoms with Gasteiger partial charge in [-0.3, -0.25) is 14.3 Å². The van der Waals surface area contributed by atoms with E-state index in [1.54, 1.807) is 0 Å². The van der Waals surface area contributed by atoms with E-state index in [0.717, 1.165) is 17.0 Å². The number of hydrogen-bond donors (Lipinski definition) is 2. The molecular weight excluding hydrogens is 282 g/mol. The van der Waals surface area contributed by atoms with Crippen molar-refractivity contribution in [2.75, 3.05) is 0 Å². The largest absolute Gasteiger partial charge is 0.481 e. The van der Waals surface area contributed by atoms with Crippen molar-refractivity contribution in [1.82, 2.24) is 15.1 Å². The van der Waals surface area contributed by atoms with Crippen LogP contribution in [0, 0.1) is 31.1 Å². The lowest BCUT2D eigenvalue weighted by Crippen LogP contribution is -2.36. The Morgan fingerprint density at radius 2 is 1.95 bits per heavy atom. The molecule has 122 valence electrons. The van der Waals surface area contributed by atoms with Crippen LogP contribution in [0.3, 0.4) is 0 Å². The van der Waals surface area contributed by atoms with Crippen molar-refractivity contribution in [2.45, 2.75) is 47.1 Å². The molecule has 1 aliphatic carbocycles. The van der Waals surface area contributed by atoms with Crippen molar-refractivity contribution >= 4 is 11.9 Å². The van der Waals surface area contributed by atoms with Gasteiger partial charge in [0.05, 0.1) is 17.5 Å². The molecule has 1 aromatic heterocycles. The molecular formula is C16H25N3O3. The average Bonchev–Trinajstić information content (AvgIpc) is 2.89. The van der Waals surface area contributed by atoms with Crippen LogP contribution in [0.1, 0.15) is 37.7 Å². The van der Waals surface area contributed by atoms with E-state index in [4.69, 9.17) is 5.11 Å². The second kappa shape index (κ2) is 5.41. The molecule has 6 nitrogen and oxygen atoms in total. The second-order valence-corrected chi connectivity index (χ2v) is 7.00. The molecule has 3 atom stereocenters. The first-order valence-corrected chi connectivity index (χ1v) is 7.59. The minimum absolute atomic E-state index is 0.0556. The summed E-state index contributed by atoms with van der Waals surface area (Å²) >= 11 is 0. The predicted octanol–water partition coefficient (Wildman–Crippen LogP) is 1.44. The summed E-state index contributed by atoms with van der Waals surface area (Å²) in [5.41, 5.74) is 2.74. The van der Waals surface area contributed by atoms with Gasteiger partial charge in [0.25, 0.3) is 0 Å². The lowest BCUT2D eigenvalue weighted by atomic mass is 10.0. The zero-order valence-electron chi connectivity index (χ0n) is 14.1. The molecule has 2 rings (SSSR count). The Hall–Kier alpha value is -1.85. The third kappa shape index (κ3) is 2.74. The summed E-state index contributed by atoms with van der Waals surface area (Å²) in [6.07, 6.45) is 0.697. The van der Waals surface area contributed by atoms with Gasteiger partial charge in [-0.1, -0.05) is 13.8 Å². The first-order chi connectivity index (χ1) is 10.1. The highest BCUT2D eigenvalue weighted by Crippen LogP contribution is 2.58. The van der Waals surface area contributed by atoms with E-state index >= 15 is 0 Å². The van der Waals surface area contributed by atoms with Crippen LogP contribution in [-0.4, -0.2) is 32.8 Å². The number of nitrogens with zero attached hydrogens (tertiary/aromatic N) is 2. The molecule has 2 N–H and O–H groups in total. The van der Waals surface area contributed by atoms with Gasteiger partial charge in [0, 0.05) is 18.8 Å². The lowest BCUT2D eigenvalue weighted by Gasteiger charge is -2.15. The van der Waals surface area contributed by atoms with E-state index in [9.17, 15) is 9.59 Å². The number of hydrogen-bond acceptors (Lipinski definition) is 3. The Kier molecular flexibility index (Phi) is 4.06. The summed E-state index contributed by atoms with van der Waals surface area (Å²) in [4.78, 5) is 23.5. The number of carbonyl (C=O) groups is 2. The third-order valence-electron chi connectivity index (χ3n) is 4.93. The Morgan fingerprint density at radius 3 is 2.36 bits per heavy atom. The van der Waals surface area contributed by atoms with Gasteiger partial charge >= 0.3 is 5.97 Å². The van der Waals surface area contributed by atoms with Gasteiger partial charge < -0.3 is 10.4 Å². The Labute approximate surface area is 130 Å². The van der Waals surface area contributed by atoms with E-state index in [0.29, 0.717) is 6.42 Å². The lowest BCUT2D eigenvalue weighted by molar-refractivity contribution is -0.140. The number of aromatic nitrogens is 2. The van der Waals surface area contributed by atoms with E-state index in [2.05, 4.69) is 10.4 Å².